The zero-order valence-corrected chi connectivity index (χ0v) is 13.6. The van der Waals surface area contributed by atoms with Crippen LogP contribution in [0.15, 0.2) is 42.5 Å². The molecule has 1 atom stereocenters. The maximum atomic E-state index is 6.36. The molecule has 1 fully saturated rings. The second-order valence-corrected chi connectivity index (χ2v) is 6.44. The first kappa shape index (κ1) is 14.9. The van der Waals surface area contributed by atoms with E-state index in [1.165, 1.54) is 30.4 Å². The smallest absolute Gasteiger partial charge is 0.0643 e. The Morgan fingerprint density at radius 2 is 1.76 bits per heavy atom. The van der Waals surface area contributed by atoms with Crippen LogP contribution in [0.1, 0.15) is 47.9 Å². The van der Waals surface area contributed by atoms with Crippen LogP contribution in [0.2, 0.25) is 10.0 Å². The SMILES string of the molecule is CNC(c1ccc(C2CCC2)cc1)c1cccc(Cl)c1Cl. The molecular weight excluding hydrogens is 301 g/mol. The highest BCUT2D eigenvalue weighted by molar-refractivity contribution is 6.42. The first-order chi connectivity index (χ1) is 10.2. The average Bonchev–Trinajstić information content (AvgIpc) is 2.44. The normalized spacial score (nSPS) is 16.5. The summed E-state index contributed by atoms with van der Waals surface area (Å²) in [6.45, 7) is 0. The van der Waals surface area contributed by atoms with Crippen LogP contribution in [0.3, 0.4) is 0 Å². The zero-order valence-electron chi connectivity index (χ0n) is 12.1. The van der Waals surface area contributed by atoms with Crippen LogP contribution in [-0.2, 0) is 0 Å². The molecule has 1 aliphatic rings. The van der Waals surface area contributed by atoms with Gasteiger partial charge < -0.3 is 5.32 Å². The third-order valence-electron chi connectivity index (χ3n) is 4.43. The maximum Gasteiger partial charge on any atom is 0.0643 e. The molecule has 2 aromatic rings. The fourth-order valence-electron chi connectivity index (χ4n) is 2.95. The van der Waals surface area contributed by atoms with Crippen molar-refractivity contribution in [1.29, 1.82) is 0 Å². The van der Waals surface area contributed by atoms with Gasteiger partial charge in [-0.05, 0) is 48.6 Å². The summed E-state index contributed by atoms with van der Waals surface area (Å²) in [7, 11) is 1.95. The Balaban J connectivity index is 1.90. The van der Waals surface area contributed by atoms with Gasteiger partial charge in [0, 0.05) is 0 Å². The van der Waals surface area contributed by atoms with Crippen molar-refractivity contribution in [2.24, 2.45) is 0 Å². The lowest BCUT2D eigenvalue weighted by Gasteiger charge is -2.26. The molecule has 1 N–H and O–H groups in total. The minimum Gasteiger partial charge on any atom is -0.309 e. The molecule has 2 aromatic carbocycles. The lowest BCUT2D eigenvalue weighted by molar-refractivity contribution is 0.419. The molecule has 21 heavy (non-hydrogen) atoms. The molecule has 1 aliphatic carbocycles. The van der Waals surface area contributed by atoms with Crippen molar-refractivity contribution in [3.05, 3.63) is 69.2 Å². The highest BCUT2D eigenvalue weighted by Gasteiger charge is 2.21. The van der Waals surface area contributed by atoms with Gasteiger partial charge in [-0.3, -0.25) is 0 Å². The van der Waals surface area contributed by atoms with E-state index in [4.69, 9.17) is 23.2 Å². The molecule has 110 valence electrons. The molecule has 0 radical (unpaired) electrons. The zero-order chi connectivity index (χ0) is 14.8. The van der Waals surface area contributed by atoms with Gasteiger partial charge in [0.25, 0.3) is 0 Å². The van der Waals surface area contributed by atoms with Crippen LogP contribution in [0.5, 0.6) is 0 Å². The number of hydrogen-bond donors (Lipinski definition) is 1. The van der Waals surface area contributed by atoms with Crippen LogP contribution in [-0.4, -0.2) is 7.05 Å². The molecule has 1 nitrogen and oxygen atoms in total. The average molecular weight is 320 g/mol. The Hall–Kier alpha value is -1.02. The standard InChI is InChI=1S/C18H19Cl2N/c1-21-18(15-6-3-7-16(19)17(15)20)14-10-8-13(9-11-14)12-4-2-5-12/h3,6-12,18,21H,2,4-5H2,1H3. The van der Waals surface area contributed by atoms with Crippen molar-refractivity contribution in [2.75, 3.05) is 7.05 Å². The van der Waals surface area contributed by atoms with Gasteiger partial charge >= 0.3 is 0 Å². The third-order valence-corrected chi connectivity index (χ3v) is 5.26. The number of halogens is 2. The predicted octanol–water partition coefficient (Wildman–Crippen LogP) is 5.57. The molecule has 0 spiro atoms. The first-order valence-corrected chi connectivity index (χ1v) is 8.17. The van der Waals surface area contributed by atoms with Gasteiger partial charge in [-0.25, -0.2) is 0 Å². The quantitative estimate of drug-likeness (QED) is 0.776. The topological polar surface area (TPSA) is 12.0 Å². The molecule has 3 heteroatoms. The van der Waals surface area contributed by atoms with Crippen LogP contribution in [0.4, 0.5) is 0 Å². The maximum absolute atomic E-state index is 6.36. The summed E-state index contributed by atoms with van der Waals surface area (Å²) in [6, 6.07) is 14.7. The molecule has 1 saturated carbocycles. The fraction of sp³-hybridized carbons (Fsp3) is 0.333. The van der Waals surface area contributed by atoms with Gasteiger partial charge in [-0.2, -0.15) is 0 Å². The Kier molecular flexibility index (Phi) is 4.54. The molecule has 0 aliphatic heterocycles. The highest BCUT2D eigenvalue weighted by Crippen LogP contribution is 2.37. The van der Waals surface area contributed by atoms with Gasteiger partial charge in [0.15, 0.2) is 0 Å². The second-order valence-electron chi connectivity index (χ2n) is 5.66. The van der Waals surface area contributed by atoms with Crippen molar-refractivity contribution >= 4 is 23.2 Å². The monoisotopic (exact) mass is 319 g/mol. The van der Waals surface area contributed by atoms with E-state index in [1.807, 2.05) is 25.2 Å². The summed E-state index contributed by atoms with van der Waals surface area (Å²) in [5.74, 6) is 0.766. The van der Waals surface area contributed by atoms with Crippen LogP contribution < -0.4 is 5.32 Å². The third kappa shape index (κ3) is 2.96. The summed E-state index contributed by atoms with van der Waals surface area (Å²) < 4.78 is 0. The minimum absolute atomic E-state index is 0.0617. The summed E-state index contributed by atoms with van der Waals surface area (Å²) in [5, 5.41) is 4.56. The highest BCUT2D eigenvalue weighted by atomic mass is 35.5. The first-order valence-electron chi connectivity index (χ1n) is 7.41. The predicted molar refractivity (Wildman–Crippen MR) is 90.4 cm³/mol. The van der Waals surface area contributed by atoms with Gasteiger partial charge in [-0.15, -0.1) is 0 Å². The van der Waals surface area contributed by atoms with E-state index in [2.05, 4.69) is 29.6 Å². The fourth-order valence-corrected chi connectivity index (χ4v) is 3.36. The Labute approximate surface area is 136 Å². The van der Waals surface area contributed by atoms with E-state index in [0.717, 1.165) is 11.5 Å². The Morgan fingerprint density at radius 1 is 1.05 bits per heavy atom. The van der Waals surface area contributed by atoms with Gasteiger partial charge in [0.1, 0.15) is 0 Å². The molecule has 0 saturated heterocycles. The van der Waals surface area contributed by atoms with Gasteiger partial charge in [0.2, 0.25) is 0 Å². The largest absolute Gasteiger partial charge is 0.309 e. The van der Waals surface area contributed by atoms with Crippen LogP contribution in [0, 0.1) is 0 Å². The van der Waals surface area contributed by atoms with E-state index in [0.29, 0.717) is 10.0 Å². The number of rotatable bonds is 4. The van der Waals surface area contributed by atoms with E-state index in [1.54, 1.807) is 0 Å². The minimum atomic E-state index is 0.0617. The molecule has 0 bridgehead atoms. The summed E-state index contributed by atoms with van der Waals surface area (Å²) >= 11 is 12.5. The van der Waals surface area contributed by atoms with Gasteiger partial charge in [-0.1, -0.05) is 66.0 Å². The molecule has 1 unspecified atom stereocenters. The van der Waals surface area contributed by atoms with E-state index >= 15 is 0 Å². The molecule has 0 amide bonds. The molecule has 0 aromatic heterocycles. The van der Waals surface area contributed by atoms with Crippen molar-refractivity contribution in [3.63, 3.8) is 0 Å². The van der Waals surface area contributed by atoms with E-state index in [9.17, 15) is 0 Å². The summed E-state index contributed by atoms with van der Waals surface area (Å²) in [4.78, 5) is 0. The Morgan fingerprint density at radius 3 is 2.33 bits per heavy atom. The van der Waals surface area contributed by atoms with E-state index < -0.39 is 0 Å². The van der Waals surface area contributed by atoms with Crippen molar-refractivity contribution in [2.45, 2.75) is 31.2 Å². The van der Waals surface area contributed by atoms with E-state index in [-0.39, 0.29) is 6.04 Å². The molecule has 0 heterocycles. The van der Waals surface area contributed by atoms with Gasteiger partial charge in [0.05, 0.1) is 16.1 Å². The number of benzene rings is 2. The number of hydrogen-bond acceptors (Lipinski definition) is 1. The molecular formula is C18H19Cl2N. The lowest BCUT2D eigenvalue weighted by atomic mass is 9.79. The second kappa shape index (κ2) is 6.39. The lowest BCUT2D eigenvalue weighted by Crippen LogP contribution is -2.18. The van der Waals surface area contributed by atoms with Crippen molar-refractivity contribution in [1.82, 2.24) is 5.32 Å². The van der Waals surface area contributed by atoms with Crippen molar-refractivity contribution in [3.8, 4) is 0 Å². The summed E-state index contributed by atoms with van der Waals surface area (Å²) in [5.41, 5.74) is 3.69. The van der Waals surface area contributed by atoms with Crippen molar-refractivity contribution < 1.29 is 0 Å². The Bertz CT molecular complexity index is 618. The summed E-state index contributed by atoms with van der Waals surface area (Å²) in [6.07, 6.45) is 4.02. The molecule has 3 rings (SSSR count). The number of nitrogens with one attached hydrogen (secondary N) is 1. The van der Waals surface area contributed by atoms with Crippen LogP contribution in [0.25, 0.3) is 0 Å². The van der Waals surface area contributed by atoms with Crippen LogP contribution >= 0.6 is 23.2 Å².